The first kappa shape index (κ1) is 13.9. The fraction of sp³-hybridized carbons (Fsp3) is 0.333. The molecule has 0 saturated heterocycles. The number of hydrogen-bond acceptors (Lipinski definition) is 4. The topological polar surface area (TPSA) is 44.5 Å². The van der Waals surface area contributed by atoms with Gasteiger partial charge in [-0.1, -0.05) is 6.07 Å². The van der Waals surface area contributed by atoms with E-state index >= 15 is 0 Å². The molecule has 19 heavy (non-hydrogen) atoms. The number of methoxy groups -OCH3 is 1. The first-order valence-corrected chi connectivity index (χ1v) is 7.22. The highest BCUT2D eigenvalue weighted by Crippen LogP contribution is 2.28. The van der Waals surface area contributed by atoms with Crippen LogP contribution in [-0.4, -0.2) is 13.7 Å². The Morgan fingerprint density at radius 2 is 2.16 bits per heavy atom. The van der Waals surface area contributed by atoms with Gasteiger partial charge >= 0.3 is 0 Å². The van der Waals surface area contributed by atoms with Crippen LogP contribution in [0.1, 0.15) is 24.1 Å². The average molecular weight is 277 g/mol. The quantitative estimate of drug-likeness (QED) is 0.880. The zero-order chi connectivity index (χ0) is 13.7. The van der Waals surface area contributed by atoms with Gasteiger partial charge in [-0.15, -0.1) is 0 Å². The molecular weight excluding hydrogens is 258 g/mol. The van der Waals surface area contributed by atoms with Crippen molar-refractivity contribution in [2.24, 2.45) is 5.73 Å². The molecule has 3 nitrogen and oxygen atoms in total. The minimum atomic E-state index is -0.0537. The number of thiophene rings is 1. The lowest BCUT2D eigenvalue weighted by Crippen LogP contribution is -2.09. The summed E-state index contributed by atoms with van der Waals surface area (Å²) in [4.78, 5) is 0. The molecule has 2 N–H and O–H groups in total. The third kappa shape index (κ3) is 3.72. The lowest BCUT2D eigenvalue weighted by atomic mass is 10.1. The van der Waals surface area contributed by atoms with Crippen molar-refractivity contribution >= 4 is 11.3 Å². The Bertz CT molecular complexity index is 509. The molecule has 0 bridgehead atoms. The summed E-state index contributed by atoms with van der Waals surface area (Å²) in [5.74, 6) is 1.60. The van der Waals surface area contributed by atoms with Crippen LogP contribution in [0.3, 0.4) is 0 Å². The zero-order valence-corrected chi connectivity index (χ0v) is 12.1. The second-order valence-electron chi connectivity index (χ2n) is 4.42. The summed E-state index contributed by atoms with van der Waals surface area (Å²) >= 11 is 1.70. The molecule has 1 aromatic carbocycles. The molecule has 102 valence electrons. The third-order valence-electron chi connectivity index (χ3n) is 2.94. The minimum Gasteiger partial charge on any atom is -0.497 e. The SMILES string of the molecule is COc1ccc([C@H](C)N)c(OCCc2ccsc2)c1. The minimum absolute atomic E-state index is 0.0537. The summed E-state index contributed by atoms with van der Waals surface area (Å²) < 4.78 is 11.1. The highest BCUT2D eigenvalue weighted by atomic mass is 32.1. The lowest BCUT2D eigenvalue weighted by Gasteiger charge is -2.15. The highest BCUT2D eigenvalue weighted by Gasteiger charge is 2.09. The van der Waals surface area contributed by atoms with Gasteiger partial charge in [0, 0.05) is 24.1 Å². The van der Waals surface area contributed by atoms with Gasteiger partial charge in [-0.25, -0.2) is 0 Å². The third-order valence-corrected chi connectivity index (χ3v) is 3.67. The van der Waals surface area contributed by atoms with E-state index < -0.39 is 0 Å². The molecular formula is C15H19NO2S. The van der Waals surface area contributed by atoms with Crippen molar-refractivity contribution in [3.63, 3.8) is 0 Å². The predicted octanol–water partition coefficient (Wildman–Crippen LogP) is 3.40. The molecule has 4 heteroatoms. The molecule has 0 radical (unpaired) electrons. The van der Waals surface area contributed by atoms with Crippen LogP contribution >= 0.6 is 11.3 Å². The van der Waals surface area contributed by atoms with Crippen molar-refractivity contribution in [2.45, 2.75) is 19.4 Å². The van der Waals surface area contributed by atoms with Gasteiger partial charge in [0.25, 0.3) is 0 Å². The number of hydrogen-bond donors (Lipinski definition) is 1. The van der Waals surface area contributed by atoms with E-state index in [1.165, 1.54) is 5.56 Å². The molecule has 1 atom stereocenters. The summed E-state index contributed by atoms with van der Waals surface area (Å²) in [5.41, 5.74) is 8.26. The number of benzene rings is 1. The van der Waals surface area contributed by atoms with Crippen LogP contribution in [0.5, 0.6) is 11.5 Å². The Morgan fingerprint density at radius 3 is 2.79 bits per heavy atom. The standard InChI is InChI=1S/C15H19NO2S/c1-11(16)14-4-3-13(17-2)9-15(14)18-7-5-12-6-8-19-10-12/h3-4,6,8-11H,5,7,16H2,1-2H3/t11-/m0/s1. The van der Waals surface area contributed by atoms with E-state index in [9.17, 15) is 0 Å². The second-order valence-corrected chi connectivity index (χ2v) is 5.20. The summed E-state index contributed by atoms with van der Waals surface area (Å²) in [6.45, 7) is 2.59. The lowest BCUT2D eigenvalue weighted by molar-refractivity contribution is 0.314. The molecule has 0 aliphatic rings. The van der Waals surface area contributed by atoms with E-state index in [0.29, 0.717) is 6.61 Å². The molecule has 2 rings (SSSR count). The fourth-order valence-corrected chi connectivity index (χ4v) is 2.56. The van der Waals surface area contributed by atoms with E-state index in [1.54, 1.807) is 18.4 Å². The largest absolute Gasteiger partial charge is 0.497 e. The van der Waals surface area contributed by atoms with Crippen LogP contribution in [0.4, 0.5) is 0 Å². The Labute approximate surface area is 118 Å². The molecule has 0 aliphatic heterocycles. The molecule has 0 unspecified atom stereocenters. The fourth-order valence-electron chi connectivity index (χ4n) is 1.86. The number of nitrogens with two attached hydrogens (primary N) is 1. The highest BCUT2D eigenvalue weighted by molar-refractivity contribution is 7.07. The van der Waals surface area contributed by atoms with Gasteiger partial charge in [-0.05, 0) is 35.4 Å². The van der Waals surface area contributed by atoms with E-state index in [-0.39, 0.29) is 6.04 Å². The summed E-state index contributed by atoms with van der Waals surface area (Å²) in [6.07, 6.45) is 0.902. The summed E-state index contributed by atoms with van der Waals surface area (Å²) in [6, 6.07) is 7.83. The van der Waals surface area contributed by atoms with Crippen LogP contribution in [0, 0.1) is 0 Å². The molecule has 0 spiro atoms. The normalized spacial score (nSPS) is 12.2. The van der Waals surface area contributed by atoms with Crippen molar-refractivity contribution in [1.82, 2.24) is 0 Å². The first-order valence-electron chi connectivity index (χ1n) is 6.28. The van der Waals surface area contributed by atoms with E-state index in [4.69, 9.17) is 15.2 Å². The van der Waals surface area contributed by atoms with Crippen molar-refractivity contribution in [3.05, 3.63) is 46.2 Å². The molecule has 0 amide bonds. The molecule has 0 fully saturated rings. The maximum Gasteiger partial charge on any atom is 0.127 e. The van der Waals surface area contributed by atoms with Gasteiger partial charge in [-0.2, -0.15) is 11.3 Å². The van der Waals surface area contributed by atoms with Crippen LogP contribution in [0.15, 0.2) is 35.0 Å². The van der Waals surface area contributed by atoms with Crippen molar-refractivity contribution < 1.29 is 9.47 Å². The molecule has 1 heterocycles. The molecule has 1 aromatic heterocycles. The van der Waals surface area contributed by atoms with Gasteiger partial charge in [-0.3, -0.25) is 0 Å². The van der Waals surface area contributed by atoms with Gasteiger partial charge in [0.1, 0.15) is 11.5 Å². The van der Waals surface area contributed by atoms with Gasteiger partial charge in [0.15, 0.2) is 0 Å². The van der Waals surface area contributed by atoms with Gasteiger partial charge < -0.3 is 15.2 Å². The van der Waals surface area contributed by atoms with Gasteiger partial charge in [0.2, 0.25) is 0 Å². The summed E-state index contributed by atoms with van der Waals surface area (Å²) in [5, 5.41) is 4.22. The average Bonchev–Trinajstić information content (AvgIpc) is 2.91. The Morgan fingerprint density at radius 1 is 1.32 bits per heavy atom. The Kier molecular flexibility index (Phi) is 4.82. The van der Waals surface area contributed by atoms with E-state index in [2.05, 4.69) is 16.8 Å². The molecule has 0 aliphatic carbocycles. The van der Waals surface area contributed by atoms with E-state index in [1.807, 2.05) is 25.1 Å². The van der Waals surface area contributed by atoms with Crippen LogP contribution in [0.25, 0.3) is 0 Å². The van der Waals surface area contributed by atoms with Crippen molar-refractivity contribution in [3.8, 4) is 11.5 Å². The van der Waals surface area contributed by atoms with Crippen LogP contribution in [0.2, 0.25) is 0 Å². The maximum absolute atomic E-state index is 5.95. The zero-order valence-electron chi connectivity index (χ0n) is 11.3. The Hall–Kier alpha value is -1.52. The molecule has 2 aromatic rings. The summed E-state index contributed by atoms with van der Waals surface area (Å²) in [7, 11) is 1.65. The van der Waals surface area contributed by atoms with Crippen molar-refractivity contribution in [2.75, 3.05) is 13.7 Å². The van der Waals surface area contributed by atoms with Gasteiger partial charge in [0.05, 0.1) is 13.7 Å². The predicted molar refractivity (Wildman–Crippen MR) is 79.1 cm³/mol. The van der Waals surface area contributed by atoms with Crippen molar-refractivity contribution in [1.29, 1.82) is 0 Å². The second kappa shape index (κ2) is 6.59. The molecule has 0 saturated carbocycles. The van der Waals surface area contributed by atoms with Crippen LogP contribution < -0.4 is 15.2 Å². The smallest absolute Gasteiger partial charge is 0.127 e. The van der Waals surface area contributed by atoms with E-state index in [0.717, 1.165) is 23.5 Å². The van der Waals surface area contributed by atoms with Crippen LogP contribution in [-0.2, 0) is 6.42 Å². The number of rotatable bonds is 6. The first-order chi connectivity index (χ1) is 9.20. The Balaban J connectivity index is 2.04. The maximum atomic E-state index is 5.95. The number of ether oxygens (including phenoxy) is 2. The monoisotopic (exact) mass is 277 g/mol.